The van der Waals surface area contributed by atoms with Crippen LogP contribution in [-0.2, 0) is 16.1 Å². The normalized spacial score (nSPS) is 13.8. The van der Waals surface area contributed by atoms with Crippen molar-refractivity contribution < 1.29 is 29.0 Å². The molecule has 0 radical (unpaired) electrons. The first-order chi connectivity index (χ1) is 14.1. The molecule has 30 heavy (non-hydrogen) atoms. The molecule has 0 fully saturated rings. The Morgan fingerprint density at radius 1 is 1.10 bits per heavy atom. The molecule has 1 aliphatic heterocycles. The molecule has 0 aliphatic carbocycles. The second-order valence-corrected chi connectivity index (χ2v) is 7.33. The minimum Gasteiger partial charge on any atom is -0.507 e. The van der Waals surface area contributed by atoms with Crippen LogP contribution in [-0.4, -0.2) is 58.8 Å². The number of fused-ring (bicyclic) bond motifs is 1. The van der Waals surface area contributed by atoms with Crippen molar-refractivity contribution in [3.8, 4) is 5.75 Å². The number of benzene rings is 2. The third kappa shape index (κ3) is 3.76. The first-order valence-electron chi connectivity index (χ1n) is 9.31. The molecule has 0 spiro atoms. The number of phenolic OH excluding ortho intramolecular Hbond substituents is 1. The summed E-state index contributed by atoms with van der Waals surface area (Å²) in [5.74, 6) is -2.40. The average molecular weight is 410 g/mol. The standard InChI is InChI=1S/C22H22N2O6/c1-12-9-14(11-24-20(27)15-7-5-6-8-16(15)21(24)28)10-17(18(12)25)22(29)30-13(2)19(26)23(3)4/h5-10,13,25H,11H2,1-4H3/t13-/m1/s1. The van der Waals surface area contributed by atoms with Crippen molar-refractivity contribution in [2.45, 2.75) is 26.5 Å². The molecule has 0 saturated carbocycles. The second-order valence-electron chi connectivity index (χ2n) is 7.33. The van der Waals surface area contributed by atoms with Crippen LogP contribution in [0.3, 0.4) is 0 Å². The van der Waals surface area contributed by atoms with Gasteiger partial charge in [0.25, 0.3) is 17.7 Å². The van der Waals surface area contributed by atoms with Crippen LogP contribution < -0.4 is 0 Å². The zero-order chi connectivity index (χ0) is 22.2. The number of rotatable bonds is 5. The minimum absolute atomic E-state index is 0.0695. The van der Waals surface area contributed by atoms with Gasteiger partial charge in [-0.05, 0) is 43.2 Å². The van der Waals surface area contributed by atoms with Gasteiger partial charge >= 0.3 is 5.97 Å². The smallest absolute Gasteiger partial charge is 0.342 e. The van der Waals surface area contributed by atoms with Gasteiger partial charge in [0.2, 0.25) is 0 Å². The Bertz CT molecular complexity index is 1020. The van der Waals surface area contributed by atoms with Crippen molar-refractivity contribution in [1.29, 1.82) is 0 Å². The van der Waals surface area contributed by atoms with E-state index in [9.17, 15) is 24.3 Å². The van der Waals surface area contributed by atoms with Crippen molar-refractivity contribution in [2.24, 2.45) is 0 Å². The number of likely N-dealkylation sites (N-methyl/N-ethyl adjacent to an activating group) is 1. The molecule has 1 aliphatic rings. The minimum atomic E-state index is -1.04. The third-order valence-electron chi connectivity index (χ3n) is 4.87. The van der Waals surface area contributed by atoms with Gasteiger partial charge in [-0.1, -0.05) is 18.2 Å². The fourth-order valence-electron chi connectivity index (χ4n) is 3.30. The van der Waals surface area contributed by atoms with Crippen LogP contribution >= 0.6 is 0 Å². The molecular formula is C22H22N2O6. The van der Waals surface area contributed by atoms with E-state index in [-0.39, 0.29) is 17.9 Å². The monoisotopic (exact) mass is 410 g/mol. The van der Waals surface area contributed by atoms with Crippen LogP contribution in [0.4, 0.5) is 0 Å². The largest absolute Gasteiger partial charge is 0.507 e. The quantitative estimate of drug-likeness (QED) is 0.598. The number of phenols is 1. The molecular weight excluding hydrogens is 388 g/mol. The number of hydrogen-bond donors (Lipinski definition) is 1. The van der Waals surface area contributed by atoms with E-state index in [0.717, 1.165) is 4.90 Å². The van der Waals surface area contributed by atoms with Crippen LogP contribution in [0.2, 0.25) is 0 Å². The van der Waals surface area contributed by atoms with Crippen LogP contribution in [0.5, 0.6) is 5.75 Å². The highest BCUT2D eigenvalue weighted by molar-refractivity contribution is 6.21. The second kappa shape index (κ2) is 7.98. The number of ether oxygens (including phenoxy) is 1. The predicted molar refractivity (Wildman–Crippen MR) is 107 cm³/mol. The number of esters is 1. The Balaban J connectivity index is 1.86. The highest BCUT2D eigenvalue weighted by Gasteiger charge is 2.35. The van der Waals surface area contributed by atoms with Crippen molar-refractivity contribution in [3.63, 3.8) is 0 Å². The number of amides is 3. The Morgan fingerprint density at radius 3 is 2.20 bits per heavy atom. The molecule has 3 amide bonds. The van der Waals surface area contributed by atoms with Gasteiger partial charge in [0, 0.05) is 14.1 Å². The van der Waals surface area contributed by atoms with Crippen molar-refractivity contribution >= 4 is 23.7 Å². The summed E-state index contributed by atoms with van der Waals surface area (Å²) in [6, 6.07) is 9.49. The molecule has 156 valence electrons. The summed E-state index contributed by atoms with van der Waals surface area (Å²) in [5, 5.41) is 10.3. The number of aromatic hydroxyl groups is 1. The molecule has 3 rings (SSSR count). The predicted octanol–water partition coefficient (Wildman–Crippen LogP) is 2.13. The maximum absolute atomic E-state index is 12.6. The van der Waals surface area contributed by atoms with E-state index in [1.165, 1.54) is 32.0 Å². The van der Waals surface area contributed by atoms with Gasteiger partial charge in [0.05, 0.1) is 17.7 Å². The van der Waals surface area contributed by atoms with Crippen LogP contribution in [0, 0.1) is 6.92 Å². The van der Waals surface area contributed by atoms with Crippen LogP contribution in [0.15, 0.2) is 36.4 Å². The summed E-state index contributed by atoms with van der Waals surface area (Å²) in [6.07, 6.45) is -1.04. The van der Waals surface area contributed by atoms with Crippen molar-refractivity contribution in [2.75, 3.05) is 14.1 Å². The van der Waals surface area contributed by atoms with Crippen LogP contribution in [0.1, 0.15) is 49.1 Å². The molecule has 0 bridgehead atoms. The van der Waals surface area contributed by atoms with Crippen LogP contribution in [0.25, 0.3) is 0 Å². The van der Waals surface area contributed by atoms with Gasteiger partial charge in [-0.2, -0.15) is 0 Å². The summed E-state index contributed by atoms with van der Waals surface area (Å²) >= 11 is 0. The Hall–Kier alpha value is -3.68. The van der Waals surface area contributed by atoms with Gasteiger partial charge in [-0.15, -0.1) is 0 Å². The summed E-state index contributed by atoms with van der Waals surface area (Å²) in [5.41, 5.74) is 1.36. The van der Waals surface area contributed by atoms with E-state index in [0.29, 0.717) is 22.3 Å². The number of nitrogens with zero attached hydrogens (tertiary/aromatic N) is 2. The Morgan fingerprint density at radius 2 is 1.67 bits per heavy atom. The molecule has 0 saturated heterocycles. The third-order valence-corrected chi connectivity index (χ3v) is 4.87. The first-order valence-corrected chi connectivity index (χ1v) is 9.31. The Labute approximate surface area is 173 Å². The average Bonchev–Trinajstić information content (AvgIpc) is 2.94. The molecule has 2 aromatic carbocycles. The topological polar surface area (TPSA) is 104 Å². The molecule has 0 aromatic heterocycles. The molecule has 8 nitrogen and oxygen atoms in total. The van der Waals surface area contributed by atoms with Gasteiger partial charge in [-0.3, -0.25) is 19.3 Å². The summed E-state index contributed by atoms with van der Waals surface area (Å²) in [7, 11) is 3.08. The molecule has 1 heterocycles. The number of hydrogen-bond acceptors (Lipinski definition) is 6. The Kier molecular flexibility index (Phi) is 5.60. The molecule has 0 unspecified atom stereocenters. The molecule has 8 heteroatoms. The first kappa shape index (κ1) is 21.0. The lowest BCUT2D eigenvalue weighted by molar-refractivity contribution is -0.137. The highest BCUT2D eigenvalue weighted by Crippen LogP contribution is 2.29. The molecule has 2 aromatic rings. The number of aryl methyl sites for hydroxylation is 1. The van der Waals surface area contributed by atoms with E-state index >= 15 is 0 Å². The fraction of sp³-hybridized carbons (Fsp3) is 0.273. The van der Waals surface area contributed by atoms with Gasteiger partial charge in [0.15, 0.2) is 6.10 Å². The lowest BCUT2D eigenvalue weighted by Gasteiger charge is -2.19. The van der Waals surface area contributed by atoms with Gasteiger partial charge in [0.1, 0.15) is 11.3 Å². The van der Waals surface area contributed by atoms with E-state index in [1.54, 1.807) is 37.3 Å². The maximum Gasteiger partial charge on any atom is 0.342 e. The zero-order valence-electron chi connectivity index (χ0n) is 17.1. The number of imide groups is 1. The van der Waals surface area contributed by atoms with Crippen molar-refractivity contribution in [1.82, 2.24) is 9.80 Å². The summed E-state index contributed by atoms with van der Waals surface area (Å²) < 4.78 is 5.18. The zero-order valence-corrected chi connectivity index (χ0v) is 17.1. The number of carbonyl (C=O) groups excluding carboxylic acids is 4. The fourth-order valence-corrected chi connectivity index (χ4v) is 3.30. The van der Waals surface area contributed by atoms with Gasteiger partial charge < -0.3 is 14.7 Å². The van der Waals surface area contributed by atoms with E-state index in [4.69, 9.17) is 4.74 Å². The maximum atomic E-state index is 12.6. The lowest BCUT2D eigenvalue weighted by Crippen LogP contribution is -2.35. The van der Waals surface area contributed by atoms with E-state index < -0.39 is 29.8 Å². The van der Waals surface area contributed by atoms with Gasteiger partial charge in [-0.25, -0.2) is 4.79 Å². The van der Waals surface area contributed by atoms with Crippen molar-refractivity contribution in [3.05, 3.63) is 64.2 Å². The number of carbonyl (C=O) groups is 4. The van der Waals surface area contributed by atoms with E-state index in [2.05, 4.69) is 0 Å². The summed E-state index contributed by atoms with van der Waals surface area (Å²) in [4.78, 5) is 52.1. The molecule has 1 atom stereocenters. The van der Waals surface area contributed by atoms with E-state index in [1.807, 2.05) is 0 Å². The lowest BCUT2D eigenvalue weighted by atomic mass is 10.0. The summed E-state index contributed by atoms with van der Waals surface area (Å²) in [6.45, 7) is 2.96. The highest BCUT2D eigenvalue weighted by atomic mass is 16.5. The SMILES string of the molecule is Cc1cc(CN2C(=O)c3ccccc3C2=O)cc(C(=O)O[C@H](C)C(=O)N(C)C)c1O. The molecule has 1 N–H and O–H groups in total.